The highest BCUT2D eigenvalue weighted by Gasteiger charge is 2.32. The van der Waals surface area contributed by atoms with Gasteiger partial charge in [0.1, 0.15) is 5.82 Å². The van der Waals surface area contributed by atoms with Gasteiger partial charge in [0.25, 0.3) is 0 Å². The van der Waals surface area contributed by atoms with Crippen molar-refractivity contribution in [1.82, 2.24) is 14.8 Å². The van der Waals surface area contributed by atoms with Crippen LogP contribution in [0.1, 0.15) is 35.7 Å². The van der Waals surface area contributed by atoms with Gasteiger partial charge in [0.05, 0.1) is 0 Å². The fourth-order valence-electron chi connectivity index (χ4n) is 2.88. The fraction of sp³-hybridized carbons (Fsp3) is 0.700. The van der Waals surface area contributed by atoms with E-state index < -0.39 is 5.97 Å². The molecule has 80 valence electrons. The number of carboxylic acid groups (broad SMARTS) is 1. The first-order chi connectivity index (χ1) is 7.24. The zero-order valence-electron chi connectivity index (χ0n) is 8.39. The molecule has 3 rings (SSSR count). The van der Waals surface area contributed by atoms with Gasteiger partial charge in [0.2, 0.25) is 5.82 Å². The lowest BCUT2D eigenvalue weighted by Gasteiger charge is -2.11. The molecule has 1 saturated carbocycles. The summed E-state index contributed by atoms with van der Waals surface area (Å²) in [7, 11) is 0. The average molecular weight is 207 g/mol. The van der Waals surface area contributed by atoms with Crippen LogP contribution in [0, 0.1) is 11.8 Å². The third kappa shape index (κ3) is 1.33. The van der Waals surface area contributed by atoms with Gasteiger partial charge in [-0.2, -0.15) is 0 Å². The second kappa shape index (κ2) is 3.05. The average Bonchev–Trinajstić information content (AvgIpc) is 2.70. The monoisotopic (exact) mass is 207 g/mol. The molecule has 0 radical (unpaired) electrons. The Morgan fingerprint density at radius 1 is 1.33 bits per heavy atom. The van der Waals surface area contributed by atoms with Crippen LogP contribution in [-0.2, 0) is 13.0 Å². The maximum atomic E-state index is 10.9. The number of fused-ring (bicyclic) bond motifs is 3. The van der Waals surface area contributed by atoms with Gasteiger partial charge in [0.15, 0.2) is 0 Å². The molecular weight excluding hydrogens is 194 g/mol. The Labute approximate surface area is 87.1 Å². The standard InChI is InChI=1S/C10H13N3O2/c14-10(15)9-12-11-8-4-6-1-2-7(3-6)5-13(8)9/h6-7H,1-5H2,(H,14,15). The summed E-state index contributed by atoms with van der Waals surface area (Å²) in [6.07, 6.45) is 4.61. The first kappa shape index (κ1) is 8.88. The Bertz CT molecular complexity index is 413. The summed E-state index contributed by atoms with van der Waals surface area (Å²) >= 11 is 0. The molecule has 0 saturated heterocycles. The quantitative estimate of drug-likeness (QED) is 0.744. The summed E-state index contributed by atoms with van der Waals surface area (Å²) in [6.45, 7) is 0.792. The zero-order chi connectivity index (χ0) is 10.4. The number of hydrogen-bond acceptors (Lipinski definition) is 3. The number of rotatable bonds is 1. The van der Waals surface area contributed by atoms with Crippen LogP contribution < -0.4 is 0 Å². The SMILES string of the molecule is O=C(O)c1nnc2n1CC1CCC(C2)C1. The molecule has 1 N–H and O–H groups in total. The number of carbonyl (C=O) groups is 1. The minimum atomic E-state index is -0.966. The first-order valence-corrected chi connectivity index (χ1v) is 5.39. The van der Waals surface area contributed by atoms with Crippen LogP contribution in [0.3, 0.4) is 0 Å². The van der Waals surface area contributed by atoms with E-state index in [1.807, 2.05) is 0 Å². The molecule has 15 heavy (non-hydrogen) atoms. The molecule has 1 aromatic rings. The van der Waals surface area contributed by atoms with Gasteiger partial charge in [-0.3, -0.25) is 0 Å². The van der Waals surface area contributed by atoms with Gasteiger partial charge in [-0.05, 0) is 31.1 Å². The smallest absolute Gasteiger partial charge is 0.374 e. The summed E-state index contributed by atoms with van der Waals surface area (Å²) in [4.78, 5) is 10.9. The molecule has 1 fully saturated rings. The fourth-order valence-corrected chi connectivity index (χ4v) is 2.88. The van der Waals surface area contributed by atoms with E-state index in [0.717, 1.165) is 18.8 Å². The summed E-state index contributed by atoms with van der Waals surface area (Å²) in [6, 6.07) is 0. The minimum Gasteiger partial charge on any atom is -0.475 e. The van der Waals surface area contributed by atoms with Crippen molar-refractivity contribution < 1.29 is 9.90 Å². The van der Waals surface area contributed by atoms with Crippen LogP contribution in [0.15, 0.2) is 0 Å². The Kier molecular flexibility index (Phi) is 1.81. The highest BCUT2D eigenvalue weighted by molar-refractivity contribution is 5.83. The molecule has 2 heterocycles. The van der Waals surface area contributed by atoms with Crippen LogP contribution in [0.2, 0.25) is 0 Å². The van der Waals surface area contributed by atoms with E-state index in [1.54, 1.807) is 4.57 Å². The van der Waals surface area contributed by atoms with E-state index in [0.29, 0.717) is 11.8 Å². The maximum Gasteiger partial charge on any atom is 0.374 e. The molecular formula is C10H13N3O2. The van der Waals surface area contributed by atoms with Gasteiger partial charge in [0, 0.05) is 13.0 Å². The van der Waals surface area contributed by atoms with Crippen molar-refractivity contribution in [2.75, 3.05) is 0 Å². The first-order valence-electron chi connectivity index (χ1n) is 5.39. The minimum absolute atomic E-state index is 0.109. The van der Waals surface area contributed by atoms with Crippen molar-refractivity contribution in [2.24, 2.45) is 11.8 Å². The molecule has 1 aliphatic carbocycles. The molecule has 2 bridgehead atoms. The second-order valence-electron chi connectivity index (χ2n) is 4.60. The number of aromatic nitrogens is 3. The lowest BCUT2D eigenvalue weighted by molar-refractivity contribution is 0.0676. The van der Waals surface area contributed by atoms with Gasteiger partial charge in [-0.1, -0.05) is 0 Å². The molecule has 0 aromatic carbocycles. The van der Waals surface area contributed by atoms with E-state index in [4.69, 9.17) is 5.11 Å². The summed E-state index contributed by atoms with van der Waals surface area (Å²) in [5.74, 6) is 1.33. The Hall–Kier alpha value is -1.39. The Balaban J connectivity index is 2.03. The van der Waals surface area contributed by atoms with Crippen LogP contribution >= 0.6 is 0 Å². The molecule has 5 nitrogen and oxygen atoms in total. The van der Waals surface area contributed by atoms with Crippen molar-refractivity contribution >= 4 is 5.97 Å². The third-order valence-electron chi connectivity index (χ3n) is 3.58. The lowest BCUT2D eigenvalue weighted by atomic mass is 10.0. The Morgan fingerprint density at radius 3 is 2.93 bits per heavy atom. The maximum absolute atomic E-state index is 10.9. The number of hydrogen-bond donors (Lipinski definition) is 1. The summed E-state index contributed by atoms with van der Waals surface area (Å²) < 4.78 is 1.80. The van der Waals surface area contributed by atoms with E-state index in [1.165, 1.54) is 19.3 Å². The van der Waals surface area contributed by atoms with E-state index in [2.05, 4.69) is 10.2 Å². The van der Waals surface area contributed by atoms with Crippen molar-refractivity contribution in [3.8, 4) is 0 Å². The Morgan fingerprint density at radius 2 is 2.13 bits per heavy atom. The van der Waals surface area contributed by atoms with Crippen LogP contribution in [0.5, 0.6) is 0 Å². The molecule has 0 spiro atoms. The summed E-state index contributed by atoms with van der Waals surface area (Å²) in [5.41, 5.74) is 0. The second-order valence-corrected chi connectivity index (χ2v) is 4.60. The molecule has 1 aliphatic heterocycles. The largest absolute Gasteiger partial charge is 0.475 e. The molecule has 5 heteroatoms. The van der Waals surface area contributed by atoms with E-state index in [-0.39, 0.29) is 5.82 Å². The van der Waals surface area contributed by atoms with E-state index in [9.17, 15) is 4.79 Å². The van der Waals surface area contributed by atoms with E-state index >= 15 is 0 Å². The third-order valence-corrected chi connectivity index (χ3v) is 3.58. The van der Waals surface area contributed by atoms with Gasteiger partial charge in [-0.15, -0.1) is 10.2 Å². The van der Waals surface area contributed by atoms with Crippen LogP contribution in [0.4, 0.5) is 0 Å². The van der Waals surface area contributed by atoms with Crippen molar-refractivity contribution in [3.05, 3.63) is 11.6 Å². The molecule has 2 aliphatic rings. The van der Waals surface area contributed by atoms with Crippen molar-refractivity contribution in [1.29, 1.82) is 0 Å². The van der Waals surface area contributed by atoms with Gasteiger partial charge in [-0.25, -0.2) is 4.79 Å². The topological polar surface area (TPSA) is 68.0 Å². The highest BCUT2D eigenvalue weighted by atomic mass is 16.4. The van der Waals surface area contributed by atoms with Crippen LogP contribution in [-0.4, -0.2) is 25.8 Å². The predicted octanol–water partition coefficient (Wildman–Crippen LogP) is 0.949. The highest BCUT2D eigenvalue weighted by Crippen LogP contribution is 2.37. The molecule has 0 amide bonds. The number of aromatic carboxylic acids is 1. The zero-order valence-corrected chi connectivity index (χ0v) is 8.39. The van der Waals surface area contributed by atoms with Gasteiger partial charge >= 0.3 is 5.97 Å². The normalized spacial score (nSPS) is 28.5. The van der Waals surface area contributed by atoms with Crippen LogP contribution in [0.25, 0.3) is 0 Å². The lowest BCUT2D eigenvalue weighted by Crippen LogP contribution is -2.15. The molecule has 2 atom stereocenters. The number of nitrogens with zero attached hydrogens (tertiary/aromatic N) is 3. The van der Waals surface area contributed by atoms with Crippen molar-refractivity contribution in [3.63, 3.8) is 0 Å². The predicted molar refractivity (Wildman–Crippen MR) is 51.5 cm³/mol. The summed E-state index contributed by atoms with van der Waals surface area (Å²) in [5, 5.41) is 16.7. The van der Waals surface area contributed by atoms with Crippen molar-refractivity contribution in [2.45, 2.75) is 32.2 Å². The molecule has 2 unspecified atom stereocenters. The van der Waals surface area contributed by atoms with Gasteiger partial charge < -0.3 is 9.67 Å². The molecule has 1 aromatic heterocycles. The number of carboxylic acids is 1.